The second-order valence-corrected chi connectivity index (χ2v) is 8.92. The first-order valence-corrected chi connectivity index (χ1v) is 11.1. The van der Waals surface area contributed by atoms with Gasteiger partial charge >= 0.3 is 5.97 Å². The van der Waals surface area contributed by atoms with Crippen molar-refractivity contribution >= 4 is 17.8 Å². The van der Waals surface area contributed by atoms with Gasteiger partial charge in [0.25, 0.3) is 0 Å². The highest BCUT2D eigenvalue weighted by atomic mass is 16.6. The molecule has 0 unspecified atom stereocenters. The van der Waals surface area contributed by atoms with Crippen LogP contribution < -0.4 is 4.74 Å². The van der Waals surface area contributed by atoms with Gasteiger partial charge in [-0.1, -0.05) is 54.1 Å². The number of carbonyl (C=O) groups excluding carboxylic acids is 2. The normalized spacial score (nSPS) is 11.5. The SMILES string of the molecule is Cc1ccc(C(=O)c2cccn2CC/C=C/c2cccc(OCC(=O)OC(C)(C)C)c2)cc1. The van der Waals surface area contributed by atoms with E-state index in [0.29, 0.717) is 23.6 Å². The van der Waals surface area contributed by atoms with Crippen LogP contribution in [0.1, 0.15) is 54.4 Å². The molecule has 0 atom stereocenters. The van der Waals surface area contributed by atoms with Gasteiger partial charge in [-0.15, -0.1) is 0 Å². The van der Waals surface area contributed by atoms with Crippen molar-refractivity contribution < 1.29 is 19.1 Å². The van der Waals surface area contributed by atoms with Gasteiger partial charge in [0.05, 0.1) is 5.69 Å². The molecule has 0 fully saturated rings. The smallest absolute Gasteiger partial charge is 0.344 e. The standard InChI is InChI=1S/C28H31NO4/c1-21-13-15-23(16-14-21)27(31)25-12-8-18-29(25)17-6-5-9-22-10-7-11-24(19-22)32-20-26(30)33-28(2,3)4/h5,7-16,18-19H,6,17,20H2,1-4H3/b9-5+. The first-order chi connectivity index (χ1) is 15.7. The summed E-state index contributed by atoms with van der Waals surface area (Å²) in [4.78, 5) is 24.7. The number of esters is 1. The van der Waals surface area contributed by atoms with Crippen LogP contribution in [0.3, 0.4) is 0 Å². The Morgan fingerprint density at radius 1 is 1.00 bits per heavy atom. The number of ether oxygens (including phenoxy) is 2. The Kier molecular flexibility index (Phi) is 7.88. The summed E-state index contributed by atoms with van der Waals surface area (Å²) in [6.45, 7) is 8.05. The molecule has 3 rings (SSSR count). The Morgan fingerprint density at radius 2 is 1.76 bits per heavy atom. The third-order valence-corrected chi connectivity index (χ3v) is 4.86. The number of aryl methyl sites for hydroxylation is 2. The number of hydrogen-bond donors (Lipinski definition) is 0. The summed E-state index contributed by atoms with van der Waals surface area (Å²) in [5, 5.41) is 0. The van der Waals surface area contributed by atoms with Gasteiger partial charge in [0, 0.05) is 18.3 Å². The van der Waals surface area contributed by atoms with Crippen molar-refractivity contribution in [3.8, 4) is 5.75 Å². The van der Waals surface area contributed by atoms with Crippen LogP contribution in [0, 0.1) is 6.92 Å². The maximum Gasteiger partial charge on any atom is 0.344 e. The van der Waals surface area contributed by atoms with Gasteiger partial charge in [0.15, 0.2) is 6.61 Å². The number of rotatable bonds is 9. The largest absolute Gasteiger partial charge is 0.482 e. The summed E-state index contributed by atoms with van der Waals surface area (Å²) < 4.78 is 12.8. The average molecular weight is 446 g/mol. The molecule has 0 aliphatic rings. The molecule has 0 spiro atoms. The fourth-order valence-electron chi connectivity index (χ4n) is 3.32. The lowest BCUT2D eigenvalue weighted by molar-refractivity contribution is -0.157. The van der Waals surface area contributed by atoms with Crippen LogP contribution in [-0.4, -0.2) is 28.5 Å². The van der Waals surface area contributed by atoms with Gasteiger partial charge < -0.3 is 14.0 Å². The second-order valence-electron chi connectivity index (χ2n) is 8.92. The van der Waals surface area contributed by atoms with Crippen molar-refractivity contribution in [2.24, 2.45) is 0 Å². The van der Waals surface area contributed by atoms with E-state index in [0.717, 1.165) is 17.5 Å². The number of allylic oxidation sites excluding steroid dienone is 1. The summed E-state index contributed by atoms with van der Waals surface area (Å²) in [7, 11) is 0. The molecule has 33 heavy (non-hydrogen) atoms. The minimum Gasteiger partial charge on any atom is -0.482 e. The topological polar surface area (TPSA) is 57.5 Å². The molecule has 0 bridgehead atoms. The third kappa shape index (κ3) is 7.49. The van der Waals surface area contributed by atoms with Crippen molar-refractivity contribution in [2.45, 2.75) is 46.3 Å². The third-order valence-electron chi connectivity index (χ3n) is 4.86. The number of benzene rings is 2. The van der Waals surface area contributed by atoms with Crippen molar-refractivity contribution in [3.63, 3.8) is 0 Å². The van der Waals surface area contributed by atoms with Crippen LogP contribution in [0.25, 0.3) is 6.08 Å². The molecule has 1 aromatic heterocycles. The van der Waals surface area contributed by atoms with Gasteiger partial charge in [-0.3, -0.25) is 4.79 Å². The molecule has 172 valence electrons. The molecule has 5 heteroatoms. The van der Waals surface area contributed by atoms with E-state index in [1.165, 1.54) is 0 Å². The summed E-state index contributed by atoms with van der Waals surface area (Å²) in [6.07, 6.45) is 6.77. The molecule has 0 saturated heterocycles. The Labute approximate surface area is 195 Å². The molecule has 0 N–H and O–H groups in total. The fraction of sp³-hybridized carbons (Fsp3) is 0.286. The van der Waals surface area contributed by atoms with Crippen molar-refractivity contribution in [1.29, 1.82) is 0 Å². The summed E-state index contributed by atoms with van der Waals surface area (Å²) >= 11 is 0. The molecule has 5 nitrogen and oxygen atoms in total. The van der Waals surface area contributed by atoms with Gasteiger partial charge in [0.2, 0.25) is 5.78 Å². The predicted octanol–water partition coefficient (Wildman–Crippen LogP) is 5.85. The van der Waals surface area contributed by atoms with E-state index in [4.69, 9.17) is 9.47 Å². The number of aromatic nitrogens is 1. The lowest BCUT2D eigenvalue weighted by atomic mass is 10.1. The highest BCUT2D eigenvalue weighted by Gasteiger charge is 2.16. The monoisotopic (exact) mass is 445 g/mol. The zero-order valence-corrected chi connectivity index (χ0v) is 19.7. The zero-order valence-electron chi connectivity index (χ0n) is 19.7. The fourth-order valence-corrected chi connectivity index (χ4v) is 3.32. The van der Waals surface area contributed by atoms with E-state index >= 15 is 0 Å². The van der Waals surface area contributed by atoms with Crippen molar-refractivity contribution in [1.82, 2.24) is 4.57 Å². The number of nitrogens with zero attached hydrogens (tertiary/aromatic N) is 1. The summed E-state index contributed by atoms with van der Waals surface area (Å²) in [5.74, 6) is 0.240. The van der Waals surface area contributed by atoms with Crippen LogP contribution in [0.5, 0.6) is 5.75 Å². The van der Waals surface area contributed by atoms with Crippen molar-refractivity contribution in [3.05, 3.63) is 95.3 Å². The molecule has 3 aromatic rings. The lowest BCUT2D eigenvalue weighted by Gasteiger charge is -2.19. The van der Waals surface area contributed by atoms with E-state index in [1.807, 2.05) is 105 Å². The Hall–Kier alpha value is -3.60. The van der Waals surface area contributed by atoms with Gasteiger partial charge in [0.1, 0.15) is 11.4 Å². The van der Waals surface area contributed by atoms with Crippen LogP contribution in [-0.2, 0) is 16.1 Å². The Morgan fingerprint density at radius 3 is 2.48 bits per heavy atom. The van der Waals surface area contributed by atoms with E-state index in [1.54, 1.807) is 0 Å². The maximum absolute atomic E-state index is 12.8. The highest BCUT2D eigenvalue weighted by Crippen LogP contribution is 2.16. The number of ketones is 1. The van der Waals surface area contributed by atoms with E-state index in [-0.39, 0.29) is 12.4 Å². The molecular weight excluding hydrogens is 414 g/mol. The molecule has 0 radical (unpaired) electrons. The minimum absolute atomic E-state index is 0.0267. The lowest BCUT2D eigenvalue weighted by Crippen LogP contribution is -2.27. The minimum atomic E-state index is -0.532. The first-order valence-electron chi connectivity index (χ1n) is 11.1. The Balaban J connectivity index is 1.54. The second kappa shape index (κ2) is 10.8. The molecule has 0 aliphatic carbocycles. The quantitative estimate of drug-likeness (QED) is 0.306. The van der Waals surface area contributed by atoms with E-state index < -0.39 is 11.6 Å². The van der Waals surface area contributed by atoms with E-state index in [9.17, 15) is 9.59 Å². The zero-order chi connectivity index (χ0) is 23.8. The van der Waals surface area contributed by atoms with Gasteiger partial charge in [-0.2, -0.15) is 0 Å². The molecule has 2 aromatic carbocycles. The Bertz CT molecular complexity index is 1120. The van der Waals surface area contributed by atoms with Crippen LogP contribution in [0.4, 0.5) is 0 Å². The molecule has 0 aliphatic heterocycles. The van der Waals surface area contributed by atoms with Crippen LogP contribution in [0.2, 0.25) is 0 Å². The van der Waals surface area contributed by atoms with Crippen molar-refractivity contribution in [2.75, 3.05) is 6.61 Å². The highest BCUT2D eigenvalue weighted by molar-refractivity contribution is 6.08. The molecular formula is C28H31NO4. The number of hydrogen-bond acceptors (Lipinski definition) is 4. The van der Waals surface area contributed by atoms with E-state index in [2.05, 4.69) is 6.08 Å². The van der Waals surface area contributed by atoms with Crippen LogP contribution in [0.15, 0.2) is 72.9 Å². The molecule has 1 heterocycles. The molecule has 0 saturated carbocycles. The predicted molar refractivity (Wildman–Crippen MR) is 130 cm³/mol. The molecule has 0 amide bonds. The summed E-state index contributed by atoms with van der Waals surface area (Å²) in [6, 6.07) is 18.9. The van der Waals surface area contributed by atoms with Gasteiger partial charge in [-0.25, -0.2) is 4.79 Å². The summed E-state index contributed by atoms with van der Waals surface area (Å²) in [5.41, 5.74) is 2.95. The maximum atomic E-state index is 12.8. The van der Waals surface area contributed by atoms with Gasteiger partial charge in [-0.05, 0) is 63.9 Å². The first kappa shape index (κ1) is 24.1. The van der Waals surface area contributed by atoms with Crippen LogP contribution >= 0.6 is 0 Å². The average Bonchev–Trinajstić information content (AvgIpc) is 3.23. The number of carbonyl (C=O) groups is 2.